The third-order valence-corrected chi connectivity index (χ3v) is 5.23. The van der Waals surface area contributed by atoms with Crippen LogP contribution < -0.4 is 15.0 Å². The van der Waals surface area contributed by atoms with Gasteiger partial charge in [0.2, 0.25) is 5.91 Å². The minimum Gasteiger partial charge on any atom is -0.497 e. The monoisotopic (exact) mass is 417 g/mol. The number of anilines is 1. The van der Waals surface area contributed by atoms with Gasteiger partial charge in [-0.15, -0.1) is 0 Å². The van der Waals surface area contributed by atoms with E-state index in [1.54, 1.807) is 24.1 Å². The molecule has 31 heavy (non-hydrogen) atoms. The predicted molar refractivity (Wildman–Crippen MR) is 117 cm³/mol. The Kier molecular flexibility index (Phi) is 5.79. The maximum Gasteiger partial charge on any atom is 0.252 e. The van der Waals surface area contributed by atoms with E-state index in [4.69, 9.17) is 4.74 Å². The van der Waals surface area contributed by atoms with Crippen molar-refractivity contribution in [2.24, 2.45) is 0 Å². The van der Waals surface area contributed by atoms with Crippen LogP contribution in [0.4, 0.5) is 5.69 Å². The van der Waals surface area contributed by atoms with Crippen LogP contribution in [0.1, 0.15) is 28.2 Å². The topological polar surface area (TPSA) is 100 Å². The zero-order valence-corrected chi connectivity index (χ0v) is 17.2. The minimum absolute atomic E-state index is 0.161. The van der Waals surface area contributed by atoms with Crippen molar-refractivity contribution in [1.82, 2.24) is 20.5 Å². The number of rotatable bonds is 6. The SMILES string of the molecule is C=CC(=O)N1CCCc2c(C(=O)NCc3nc(-c4ccc(OC)cc4)n[nH]3)cccc21. The Morgan fingerprint density at radius 1 is 1.26 bits per heavy atom. The van der Waals surface area contributed by atoms with Gasteiger partial charge in [-0.2, -0.15) is 5.10 Å². The van der Waals surface area contributed by atoms with Crippen LogP contribution in [0.3, 0.4) is 0 Å². The van der Waals surface area contributed by atoms with Crippen LogP contribution in [0.15, 0.2) is 55.1 Å². The van der Waals surface area contributed by atoms with Crippen LogP contribution in [0.25, 0.3) is 11.4 Å². The standard InChI is InChI=1S/C23H23N5O3/c1-3-21(29)28-13-5-7-17-18(6-4-8-19(17)28)23(30)24-14-20-25-22(27-26-20)15-9-11-16(31-2)12-10-15/h3-4,6,8-12H,1,5,7,13-14H2,2H3,(H,24,30)(H,25,26,27). The fourth-order valence-electron chi connectivity index (χ4n) is 3.68. The largest absolute Gasteiger partial charge is 0.497 e. The number of carbonyl (C=O) groups excluding carboxylic acids is 2. The maximum atomic E-state index is 12.9. The van der Waals surface area contributed by atoms with Crippen molar-refractivity contribution < 1.29 is 14.3 Å². The molecule has 2 N–H and O–H groups in total. The number of aromatic amines is 1. The van der Waals surface area contributed by atoms with E-state index in [-0.39, 0.29) is 18.4 Å². The summed E-state index contributed by atoms with van der Waals surface area (Å²) < 4.78 is 5.16. The lowest BCUT2D eigenvalue weighted by atomic mass is 9.95. The first-order valence-corrected chi connectivity index (χ1v) is 10.0. The van der Waals surface area contributed by atoms with Crippen LogP contribution in [0.5, 0.6) is 5.75 Å². The number of carbonyl (C=O) groups is 2. The van der Waals surface area contributed by atoms with Crippen molar-refractivity contribution in [2.45, 2.75) is 19.4 Å². The predicted octanol–water partition coefficient (Wildman–Crippen LogP) is 2.88. The van der Waals surface area contributed by atoms with Crippen LogP contribution in [-0.2, 0) is 17.8 Å². The summed E-state index contributed by atoms with van der Waals surface area (Å²) in [6.07, 6.45) is 2.83. The molecule has 158 valence electrons. The lowest BCUT2D eigenvalue weighted by Crippen LogP contribution is -2.35. The molecule has 1 aliphatic rings. The van der Waals surface area contributed by atoms with Gasteiger partial charge in [0.05, 0.1) is 13.7 Å². The Bertz CT molecular complexity index is 1120. The van der Waals surface area contributed by atoms with Crippen molar-refractivity contribution in [3.05, 3.63) is 72.1 Å². The molecule has 0 saturated carbocycles. The minimum atomic E-state index is -0.216. The van der Waals surface area contributed by atoms with E-state index in [0.29, 0.717) is 23.8 Å². The lowest BCUT2D eigenvalue weighted by molar-refractivity contribution is -0.114. The molecule has 2 heterocycles. The quantitative estimate of drug-likeness (QED) is 0.601. The zero-order chi connectivity index (χ0) is 21.8. The normalized spacial score (nSPS) is 12.7. The number of benzene rings is 2. The number of nitrogens with zero attached hydrogens (tertiary/aromatic N) is 3. The molecule has 0 radical (unpaired) electrons. The Morgan fingerprint density at radius 3 is 2.81 bits per heavy atom. The van der Waals surface area contributed by atoms with E-state index in [1.807, 2.05) is 30.3 Å². The van der Waals surface area contributed by atoms with Crippen molar-refractivity contribution in [3.63, 3.8) is 0 Å². The van der Waals surface area contributed by atoms with E-state index >= 15 is 0 Å². The number of aromatic nitrogens is 3. The van der Waals surface area contributed by atoms with Crippen molar-refractivity contribution in [3.8, 4) is 17.1 Å². The second-order valence-corrected chi connectivity index (χ2v) is 7.12. The molecular formula is C23H23N5O3. The first-order valence-electron chi connectivity index (χ1n) is 10.0. The molecule has 1 aromatic heterocycles. The summed E-state index contributed by atoms with van der Waals surface area (Å²) in [6, 6.07) is 12.9. The highest BCUT2D eigenvalue weighted by molar-refractivity contribution is 6.04. The highest BCUT2D eigenvalue weighted by Gasteiger charge is 2.24. The molecule has 8 heteroatoms. The summed E-state index contributed by atoms with van der Waals surface area (Å²) in [4.78, 5) is 31.1. The number of methoxy groups -OCH3 is 1. The molecule has 1 aliphatic heterocycles. The maximum absolute atomic E-state index is 12.9. The number of hydrogen-bond acceptors (Lipinski definition) is 5. The first-order chi connectivity index (χ1) is 15.1. The van der Waals surface area contributed by atoms with Gasteiger partial charge in [0.15, 0.2) is 5.82 Å². The number of ether oxygens (including phenoxy) is 1. The van der Waals surface area contributed by atoms with Gasteiger partial charge in [0.1, 0.15) is 11.6 Å². The van der Waals surface area contributed by atoms with Gasteiger partial charge in [-0.05, 0) is 60.9 Å². The van der Waals surface area contributed by atoms with Gasteiger partial charge in [0.25, 0.3) is 5.91 Å². The first kappa shape index (κ1) is 20.3. The number of hydrogen-bond donors (Lipinski definition) is 2. The van der Waals surface area contributed by atoms with Gasteiger partial charge in [-0.25, -0.2) is 4.98 Å². The van der Waals surface area contributed by atoms with E-state index in [1.165, 1.54) is 6.08 Å². The molecule has 8 nitrogen and oxygen atoms in total. The highest BCUT2D eigenvalue weighted by Crippen LogP contribution is 2.30. The summed E-state index contributed by atoms with van der Waals surface area (Å²) in [5, 5.41) is 9.97. The summed E-state index contributed by atoms with van der Waals surface area (Å²) in [6.45, 7) is 4.40. The molecule has 2 aromatic carbocycles. The molecule has 0 bridgehead atoms. The van der Waals surface area contributed by atoms with Crippen LogP contribution in [0.2, 0.25) is 0 Å². The second kappa shape index (κ2) is 8.83. The molecular weight excluding hydrogens is 394 g/mol. The van der Waals surface area contributed by atoms with Gasteiger partial charge in [-0.1, -0.05) is 12.6 Å². The van der Waals surface area contributed by atoms with Crippen molar-refractivity contribution in [1.29, 1.82) is 0 Å². The van der Waals surface area contributed by atoms with Crippen molar-refractivity contribution in [2.75, 3.05) is 18.6 Å². The van der Waals surface area contributed by atoms with Crippen molar-refractivity contribution >= 4 is 17.5 Å². The van der Waals surface area contributed by atoms with Gasteiger partial charge in [0, 0.05) is 23.4 Å². The zero-order valence-electron chi connectivity index (χ0n) is 17.2. The van der Waals surface area contributed by atoms with E-state index < -0.39 is 0 Å². The highest BCUT2D eigenvalue weighted by atomic mass is 16.5. The van der Waals surface area contributed by atoms with Gasteiger partial charge < -0.3 is 15.0 Å². The fraction of sp³-hybridized carbons (Fsp3) is 0.217. The van der Waals surface area contributed by atoms with Crippen LogP contribution >= 0.6 is 0 Å². The Hall–Kier alpha value is -3.94. The molecule has 4 rings (SSSR count). The number of fused-ring (bicyclic) bond motifs is 1. The summed E-state index contributed by atoms with van der Waals surface area (Å²) >= 11 is 0. The number of nitrogens with one attached hydrogen (secondary N) is 2. The summed E-state index contributed by atoms with van der Waals surface area (Å²) in [7, 11) is 1.61. The van der Waals surface area contributed by atoms with Crippen LogP contribution in [-0.4, -0.2) is 40.7 Å². The molecule has 3 aromatic rings. The number of H-pyrrole nitrogens is 1. The molecule has 0 atom stereocenters. The Balaban J connectivity index is 1.47. The molecule has 0 spiro atoms. The lowest BCUT2D eigenvalue weighted by Gasteiger charge is -2.29. The molecule has 0 unspecified atom stereocenters. The molecule has 0 saturated heterocycles. The summed E-state index contributed by atoms with van der Waals surface area (Å²) in [5.74, 6) is 1.47. The Labute approximate surface area is 179 Å². The third-order valence-electron chi connectivity index (χ3n) is 5.23. The molecule has 2 amide bonds. The van der Waals surface area contributed by atoms with Crippen LogP contribution in [0, 0.1) is 0 Å². The average Bonchev–Trinajstić information content (AvgIpc) is 3.30. The van der Waals surface area contributed by atoms with Gasteiger partial charge in [-0.3, -0.25) is 14.7 Å². The average molecular weight is 417 g/mol. The van der Waals surface area contributed by atoms with E-state index in [0.717, 1.165) is 35.4 Å². The number of amides is 2. The molecule has 0 fully saturated rings. The second-order valence-electron chi connectivity index (χ2n) is 7.12. The Morgan fingerprint density at radius 2 is 2.06 bits per heavy atom. The molecule has 0 aliphatic carbocycles. The third kappa shape index (κ3) is 4.18. The summed E-state index contributed by atoms with van der Waals surface area (Å²) in [5.41, 5.74) is 3.05. The van der Waals surface area contributed by atoms with E-state index in [9.17, 15) is 9.59 Å². The fourth-order valence-corrected chi connectivity index (χ4v) is 3.68. The smallest absolute Gasteiger partial charge is 0.252 e. The van der Waals surface area contributed by atoms with E-state index in [2.05, 4.69) is 27.1 Å². The van der Waals surface area contributed by atoms with Gasteiger partial charge >= 0.3 is 0 Å².